The number of ether oxygens (including phenoxy) is 3. The molecular weight excluding hydrogens is 270 g/mol. The van der Waals surface area contributed by atoms with Crippen LogP contribution in [0.25, 0.3) is 0 Å². The van der Waals surface area contributed by atoms with Gasteiger partial charge in [-0.15, -0.1) is 0 Å². The van der Waals surface area contributed by atoms with Gasteiger partial charge < -0.3 is 19.5 Å². The topological polar surface area (TPSA) is 65.5 Å². The van der Waals surface area contributed by atoms with Crippen molar-refractivity contribution in [2.45, 2.75) is 32.1 Å². The summed E-state index contributed by atoms with van der Waals surface area (Å²) in [5, 5.41) is 3.30. The van der Waals surface area contributed by atoms with E-state index in [9.17, 15) is 0 Å². The van der Waals surface area contributed by atoms with Gasteiger partial charge >= 0.3 is 0 Å². The molecule has 0 aliphatic heterocycles. The molecule has 118 valence electrons. The lowest BCUT2D eigenvalue weighted by Gasteiger charge is -2.10. The van der Waals surface area contributed by atoms with Crippen LogP contribution in [0.4, 0.5) is 5.82 Å². The van der Waals surface area contributed by atoms with Crippen molar-refractivity contribution in [3.8, 4) is 5.88 Å². The Bertz CT molecular complexity index is 425. The first-order chi connectivity index (χ1) is 10.3. The van der Waals surface area contributed by atoms with Crippen molar-refractivity contribution in [1.29, 1.82) is 0 Å². The van der Waals surface area contributed by atoms with E-state index in [4.69, 9.17) is 14.2 Å². The normalized spacial score (nSPS) is 14.2. The molecule has 1 aliphatic carbocycles. The summed E-state index contributed by atoms with van der Waals surface area (Å²) in [4.78, 5) is 9.04. The average Bonchev–Trinajstić information content (AvgIpc) is 3.33. The van der Waals surface area contributed by atoms with Crippen LogP contribution in [0.2, 0.25) is 0 Å². The number of nitrogens with zero attached hydrogens (tertiary/aromatic N) is 2. The van der Waals surface area contributed by atoms with E-state index in [1.165, 1.54) is 12.8 Å². The van der Waals surface area contributed by atoms with E-state index in [1.807, 2.05) is 6.07 Å². The molecule has 0 radical (unpaired) electrons. The van der Waals surface area contributed by atoms with Crippen LogP contribution in [-0.4, -0.2) is 50.1 Å². The first-order valence-corrected chi connectivity index (χ1v) is 7.65. The second-order valence-corrected chi connectivity index (χ2v) is 5.10. The molecule has 0 atom stereocenters. The van der Waals surface area contributed by atoms with Crippen LogP contribution >= 0.6 is 0 Å². The Morgan fingerprint density at radius 3 is 2.71 bits per heavy atom. The molecule has 1 N–H and O–H groups in total. The van der Waals surface area contributed by atoms with Crippen molar-refractivity contribution in [1.82, 2.24) is 9.97 Å². The minimum Gasteiger partial charge on any atom is -0.475 e. The van der Waals surface area contributed by atoms with Crippen LogP contribution < -0.4 is 10.1 Å². The van der Waals surface area contributed by atoms with Crippen molar-refractivity contribution in [3.63, 3.8) is 0 Å². The van der Waals surface area contributed by atoms with Crippen molar-refractivity contribution in [3.05, 3.63) is 11.9 Å². The van der Waals surface area contributed by atoms with Gasteiger partial charge in [0.15, 0.2) is 0 Å². The molecule has 1 aromatic heterocycles. The number of aromatic nitrogens is 2. The highest BCUT2D eigenvalue weighted by atomic mass is 16.5. The van der Waals surface area contributed by atoms with E-state index in [0.717, 1.165) is 24.6 Å². The van der Waals surface area contributed by atoms with E-state index < -0.39 is 0 Å². The maximum Gasteiger partial charge on any atom is 0.218 e. The zero-order valence-corrected chi connectivity index (χ0v) is 12.9. The Balaban J connectivity index is 1.83. The highest BCUT2D eigenvalue weighted by molar-refractivity contribution is 5.39. The van der Waals surface area contributed by atoms with E-state index in [0.29, 0.717) is 38.2 Å². The predicted octanol–water partition coefficient (Wildman–Crippen LogP) is 2.22. The zero-order chi connectivity index (χ0) is 14.9. The van der Waals surface area contributed by atoms with Crippen molar-refractivity contribution < 1.29 is 14.2 Å². The van der Waals surface area contributed by atoms with Gasteiger partial charge in [-0.25, -0.2) is 4.98 Å². The van der Waals surface area contributed by atoms with Crippen LogP contribution in [-0.2, 0) is 9.47 Å². The van der Waals surface area contributed by atoms with Gasteiger partial charge in [0.2, 0.25) is 5.88 Å². The number of rotatable bonds is 11. The predicted molar refractivity (Wildman–Crippen MR) is 81.0 cm³/mol. The fraction of sp³-hybridized carbons (Fsp3) is 0.733. The third kappa shape index (κ3) is 5.85. The summed E-state index contributed by atoms with van der Waals surface area (Å²) in [5.41, 5.74) is 0. The lowest BCUT2D eigenvalue weighted by molar-refractivity contribution is 0.0536. The van der Waals surface area contributed by atoms with Gasteiger partial charge in [0.1, 0.15) is 18.2 Å². The van der Waals surface area contributed by atoms with Crippen LogP contribution in [0.15, 0.2) is 6.07 Å². The largest absolute Gasteiger partial charge is 0.475 e. The van der Waals surface area contributed by atoms with Crippen LogP contribution in [0.5, 0.6) is 5.88 Å². The average molecular weight is 295 g/mol. The molecule has 1 aliphatic rings. The molecule has 1 heterocycles. The van der Waals surface area contributed by atoms with E-state index in [-0.39, 0.29) is 0 Å². The molecule has 0 bridgehead atoms. The fourth-order valence-electron chi connectivity index (χ4n) is 1.83. The number of hydrogen-bond donors (Lipinski definition) is 1. The third-order valence-electron chi connectivity index (χ3n) is 3.13. The Morgan fingerprint density at radius 1 is 1.19 bits per heavy atom. The summed E-state index contributed by atoms with van der Waals surface area (Å²) in [7, 11) is 1.66. The summed E-state index contributed by atoms with van der Waals surface area (Å²) in [6, 6.07) is 1.86. The highest BCUT2D eigenvalue weighted by Crippen LogP contribution is 2.39. The lowest BCUT2D eigenvalue weighted by Crippen LogP contribution is -2.12. The summed E-state index contributed by atoms with van der Waals surface area (Å²) in [6.07, 6.45) is 3.42. The zero-order valence-electron chi connectivity index (χ0n) is 12.9. The lowest BCUT2D eigenvalue weighted by atomic mass is 10.4. The Kier molecular flexibility index (Phi) is 6.69. The van der Waals surface area contributed by atoms with Gasteiger partial charge in [-0.2, -0.15) is 4.98 Å². The van der Waals surface area contributed by atoms with Crippen molar-refractivity contribution >= 4 is 5.82 Å². The molecule has 1 aromatic rings. The second kappa shape index (κ2) is 8.79. The van der Waals surface area contributed by atoms with Crippen LogP contribution in [0.3, 0.4) is 0 Å². The highest BCUT2D eigenvalue weighted by Gasteiger charge is 2.27. The monoisotopic (exact) mass is 295 g/mol. The minimum absolute atomic E-state index is 0.484. The first kappa shape index (κ1) is 16.0. The van der Waals surface area contributed by atoms with E-state index in [2.05, 4.69) is 22.2 Å². The molecule has 1 fully saturated rings. The van der Waals surface area contributed by atoms with Gasteiger partial charge in [0.05, 0.1) is 19.8 Å². The molecule has 0 aromatic carbocycles. The maximum atomic E-state index is 5.67. The Morgan fingerprint density at radius 2 is 2.00 bits per heavy atom. The minimum atomic E-state index is 0.484. The van der Waals surface area contributed by atoms with Gasteiger partial charge in [-0.3, -0.25) is 0 Å². The molecule has 6 heteroatoms. The van der Waals surface area contributed by atoms with E-state index >= 15 is 0 Å². The number of methoxy groups -OCH3 is 1. The fourth-order valence-corrected chi connectivity index (χ4v) is 1.83. The summed E-state index contributed by atoms with van der Waals surface area (Å²) >= 11 is 0. The number of hydrogen-bond acceptors (Lipinski definition) is 6. The van der Waals surface area contributed by atoms with Gasteiger partial charge in [-0.1, -0.05) is 6.92 Å². The van der Waals surface area contributed by atoms with Gasteiger partial charge in [0, 0.05) is 25.6 Å². The third-order valence-corrected chi connectivity index (χ3v) is 3.13. The summed E-state index contributed by atoms with van der Waals surface area (Å²) in [5.74, 6) is 2.88. The SMILES string of the molecule is CCCNc1cc(OCCOCCOC)nc(C2CC2)n1. The summed E-state index contributed by atoms with van der Waals surface area (Å²) < 4.78 is 16.0. The molecule has 1 saturated carbocycles. The molecule has 6 nitrogen and oxygen atoms in total. The van der Waals surface area contributed by atoms with Crippen molar-refractivity contribution in [2.24, 2.45) is 0 Å². The molecule has 0 saturated heterocycles. The number of anilines is 1. The molecule has 0 unspecified atom stereocenters. The maximum absolute atomic E-state index is 5.67. The number of nitrogens with one attached hydrogen (secondary N) is 1. The second-order valence-electron chi connectivity index (χ2n) is 5.10. The molecule has 21 heavy (non-hydrogen) atoms. The molecule has 2 rings (SSSR count). The smallest absolute Gasteiger partial charge is 0.218 e. The first-order valence-electron chi connectivity index (χ1n) is 7.65. The Hall–Kier alpha value is -1.40. The Labute approximate surface area is 126 Å². The quantitative estimate of drug-likeness (QED) is 0.631. The van der Waals surface area contributed by atoms with Crippen LogP contribution in [0.1, 0.15) is 37.9 Å². The van der Waals surface area contributed by atoms with Crippen LogP contribution in [0, 0.1) is 0 Å². The van der Waals surface area contributed by atoms with E-state index in [1.54, 1.807) is 7.11 Å². The van der Waals surface area contributed by atoms with Gasteiger partial charge in [-0.05, 0) is 19.3 Å². The summed E-state index contributed by atoms with van der Waals surface area (Å²) in [6.45, 7) is 5.23. The molecule has 0 spiro atoms. The van der Waals surface area contributed by atoms with Crippen molar-refractivity contribution in [2.75, 3.05) is 45.4 Å². The molecule has 0 amide bonds. The molecular formula is C15H25N3O3. The standard InChI is InChI=1S/C15H25N3O3/c1-3-6-16-13-11-14(18-15(17-13)12-4-5-12)21-10-9-20-8-7-19-2/h11-12H,3-10H2,1-2H3,(H,16,17,18). The van der Waals surface area contributed by atoms with Gasteiger partial charge in [0.25, 0.3) is 0 Å².